The topological polar surface area (TPSA) is 55.6 Å². The van der Waals surface area contributed by atoms with E-state index in [2.05, 4.69) is 15.9 Å². The molecular formula is C15H14BrClN2O2. The fourth-order valence-corrected chi connectivity index (χ4v) is 2.24. The number of nitrogens with two attached hydrogens (primary N) is 1. The molecule has 1 amide bonds. The van der Waals surface area contributed by atoms with Crippen LogP contribution >= 0.6 is 27.5 Å². The number of rotatable bonds is 4. The Bertz CT molecular complexity index is 647. The molecule has 2 aromatic rings. The van der Waals surface area contributed by atoms with E-state index in [1.807, 2.05) is 6.07 Å². The Morgan fingerprint density at radius 2 is 1.95 bits per heavy atom. The smallest absolute Gasteiger partial charge is 0.264 e. The summed E-state index contributed by atoms with van der Waals surface area (Å²) in [4.78, 5) is 13.6. The fraction of sp³-hybridized carbons (Fsp3) is 0.133. The molecule has 2 N–H and O–H groups in total. The molecule has 6 heteroatoms. The molecule has 0 atom stereocenters. The Hall–Kier alpha value is -1.72. The Labute approximate surface area is 136 Å². The summed E-state index contributed by atoms with van der Waals surface area (Å²) < 4.78 is 6.29. The predicted molar refractivity (Wildman–Crippen MR) is 88.9 cm³/mol. The summed E-state index contributed by atoms with van der Waals surface area (Å²) in [6.07, 6.45) is 0. The van der Waals surface area contributed by atoms with E-state index in [1.54, 1.807) is 43.4 Å². The molecule has 0 fully saturated rings. The zero-order valence-corrected chi connectivity index (χ0v) is 13.7. The molecule has 2 aromatic carbocycles. The minimum atomic E-state index is -0.195. The summed E-state index contributed by atoms with van der Waals surface area (Å²) in [5, 5.41) is 0.619. The predicted octanol–water partition coefficient (Wildman–Crippen LogP) is 3.73. The minimum absolute atomic E-state index is 0.0758. The van der Waals surface area contributed by atoms with Crippen molar-refractivity contribution >= 4 is 44.8 Å². The molecule has 0 bridgehead atoms. The lowest BCUT2D eigenvalue weighted by atomic mass is 10.2. The second-order valence-electron chi connectivity index (χ2n) is 4.40. The van der Waals surface area contributed by atoms with E-state index in [-0.39, 0.29) is 12.5 Å². The van der Waals surface area contributed by atoms with Gasteiger partial charge in [0.1, 0.15) is 5.75 Å². The van der Waals surface area contributed by atoms with Gasteiger partial charge in [-0.3, -0.25) is 4.79 Å². The first-order chi connectivity index (χ1) is 9.97. The summed E-state index contributed by atoms with van der Waals surface area (Å²) in [5.74, 6) is 0.393. The van der Waals surface area contributed by atoms with E-state index in [9.17, 15) is 4.79 Å². The molecule has 0 unspecified atom stereocenters. The van der Waals surface area contributed by atoms with Crippen molar-refractivity contribution in [2.24, 2.45) is 0 Å². The average molecular weight is 370 g/mol. The lowest BCUT2D eigenvalue weighted by molar-refractivity contribution is -0.120. The molecule has 0 saturated heterocycles. The molecular weight excluding hydrogens is 356 g/mol. The van der Waals surface area contributed by atoms with Crippen LogP contribution in [-0.4, -0.2) is 19.6 Å². The van der Waals surface area contributed by atoms with Gasteiger partial charge in [-0.2, -0.15) is 0 Å². The van der Waals surface area contributed by atoms with Crippen LogP contribution in [0.15, 0.2) is 46.9 Å². The standard InChI is InChI=1S/C15H14BrClN2O2/c1-19(14-7-2-10(16)8-13(14)18)15(20)9-21-12-5-3-11(17)4-6-12/h2-8H,9,18H2,1H3. The first kappa shape index (κ1) is 15.7. The summed E-state index contributed by atoms with van der Waals surface area (Å²) in [6, 6.07) is 12.2. The molecule has 0 aliphatic rings. The third-order valence-corrected chi connectivity index (χ3v) is 3.65. The number of amides is 1. The highest BCUT2D eigenvalue weighted by Gasteiger charge is 2.14. The van der Waals surface area contributed by atoms with Crippen LogP contribution in [-0.2, 0) is 4.79 Å². The van der Waals surface area contributed by atoms with Crippen molar-refractivity contribution in [3.63, 3.8) is 0 Å². The average Bonchev–Trinajstić information content (AvgIpc) is 2.45. The van der Waals surface area contributed by atoms with Crippen LogP contribution in [0.3, 0.4) is 0 Å². The summed E-state index contributed by atoms with van der Waals surface area (Å²) in [6.45, 7) is -0.0758. The van der Waals surface area contributed by atoms with Gasteiger partial charge in [0, 0.05) is 16.5 Å². The lowest BCUT2D eigenvalue weighted by Crippen LogP contribution is -2.31. The van der Waals surface area contributed by atoms with Gasteiger partial charge in [0.2, 0.25) is 0 Å². The number of nitrogen functional groups attached to an aromatic ring is 1. The highest BCUT2D eigenvalue weighted by molar-refractivity contribution is 9.10. The molecule has 0 heterocycles. The van der Waals surface area contributed by atoms with Crippen molar-refractivity contribution in [1.29, 1.82) is 0 Å². The number of likely N-dealkylation sites (N-methyl/N-ethyl adjacent to an activating group) is 1. The van der Waals surface area contributed by atoms with Gasteiger partial charge in [-0.05, 0) is 42.5 Å². The number of hydrogen-bond donors (Lipinski definition) is 1. The van der Waals surface area contributed by atoms with Gasteiger partial charge >= 0.3 is 0 Å². The molecule has 21 heavy (non-hydrogen) atoms. The normalized spacial score (nSPS) is 10.2. The van der Waals surface area contributed by atoms with E-state index in [0.717, 1.165) is 4.47 Å². The highest BCUT2D eigenvalue weighted by Crippen LogP contribution is 2.26. The minimum Gasteiger partial charge on any atom is -0.484 e. The van der Waals surface area contributed by atoms with Gasteiger partial charge in [-0.1, -0.05) is 27.5 Å². The van der Waals surface area contributed by atoms with E-state index >= 15 is 0 Å². The molecule has 0 spiro atoms. The number of anilines is 2. The van der Waals surface area contributed by atoms with Crippen LogP contribution < -0.4 is 15.4 Å². The number of carbonyl (C=O) groups excluding carboxylic acids is 1. The quantitative estimate of drug-likeness (QED) is 0.836. The van der Waals surface area contributed by atoms with Crippen molar-refractivity contribution < 1.29 is 9.53 Å². The van der Waals surface area contributed by atoms with Crippen molar-refractivity contribution in [3.8, 4) is 5.75 Å². The Balaban J connectivity index is 2.00. The summed E-state index contributed by atoms with van der Waals surface area (Å²) >= 11 is 9.12. The maximum absolute atomic E-state index is 12.1. The van der Waals surface area contributed by atoms with Gasteiger partial charge in [-0.25, -0.2) is 0 Å². The number of ether oxygens (including phenoxy) is 1. The van der Waals surface area contributed by atoms with Gasteiger partial charge in [0.05, 0.1) is 11.4 Å². The number of nitrogens with zero attached hydrogens (tertiary/aromatic N) is 1. The van der Waals surface area contributed by atoms with Crippen LogP contribution in [0.2, 0.25) is 5.02 Å². The monoisotopic (exact) mass is 368 g/mol. The highest BCUT2D eigenvalue weighted by atomic mass is 79.9. The maximum Gasteiger partial charge on any atom is 0.264 e. The van der Waals surface area contributed by atoms with Crippen LogP contribution in [0.1, 0.15) is 0 Å². The second-order valence-corrected chi connectivity index (χ2v) is 5.75. The number of hydrogen-bond acceptors (Lipinski definition) is 3. The first-order valence-electron chi connectivity index (χ1n) is 6.17. The van der Waals surface area contributed by atoms with E-state index in [4.69, 9.17) is 22.1 Å². The molecule has 2 rings (SSSR count). The van der Waals surface area contributed by atoms with Crippen LogP contribution in [0.25, 0.3) is 0 Å². The number of carbonyl (C=O) groups is 1. The molecule has 0 radical (unpaired) electrons. The number of benzene rings is 2. The third kappa shape index (κ3) is 4.12. The second kappa shape index (κ2) is 6.83. The number of halogens is 2. The van der Waals surface area contributed by atoms with Gasteiger partial charge < -0.3 is 15.4 Å². The Morgan fingerprint density at radius 1 is 1.29 bits per heavy atom. The SMILES string of the molecule is CN(C(=O)COc1ccc(Cl)cc1)c1ccc(Br)cc1N. The summed E-state index contributed by atoms with van der Waals surface area (Å²) in [5.41, 5.74) is 7.07. The van der Waals surface area contributed by atoms with Gasteiger partial charge in [-0.15, -0.1) is 0 Å². The van der Waals surface area contributed by atoms with Crippen LogP contribution in [0.5, 0.6) is 5.75 Å². The molecule has 110 valence electrons. The molecule has 0 aromatic heterocycles. The molecule has 4 nitrogen and oxygen atoms in total. The maximum atomic E-state index is 12.1. The van der Waals surface area contributed by atoms with Crippen LogP contribution in [0.4, 0.5) is 11.4 Å². The molecule has 0 aliphatic heterocycles. The molecule has 0 saturated carbocycles. The Kier molecular flexibility index (Phi) is 5.09. The third-order valence-electron chi connectivity index (χ3n) is 2.90. The first-order valence-corrected chi connectivity index (χ1v) is 7.34. The fourth-order valence-electron chi connectivity index (χ4n) is 1.74. The largest absolute Gasteiger partial charge is 0.484 e. The van der Waals surface area contributed by atoms with Crippen molar-refractivity contribution in [1.82, 2.24) is 0 Å². The van der Waals surface area contributed by atoms with Gasteiger partial charge in [0.15, 0.2) is 6.61 Å². The lowest BCUT2D eigenvalue weighted by Gasteiger charge is -2.19. The van der Waals surface area contributed by atoms with Crippen molar-refractivity contribution in [2.45, 2.75) is 0 Å². The van der Waals surface area contributed by atoms with E-state index in [0.29, 0.717) is 22.1 Å². The molecule has 0 aliphatic carbocycles. The van der Waals surface area contributed by atoms with Crippen molar-refractivity contribution in [2.75, 3.05) is 24.3 Å². The Morgan fingerprint density at radius 3 is 2.57 bits per heavy atom. The van der Waals surface area contributed by atoms with Crippen molar-refractivity contribution in [3.05, 3.63) is 52.0 Å². The van der Waals surface area contributed by atoms with E-state index < -0.39 is 0 Å². The van der Waals surface area contributed by atoms with Crippen LogP contribution in [0, 0.1) is 0 Å². The summed E-state index contributed by atoms with van der Waals surface area (Å²) in [7, 11) is 1.66. The zero-order chi connectivity index (χ0) is 15.4. The zero-order valence-electron chi connectivity index (χ0n) is 11.3. The van der Waals surface area contributed by atoms with Gasteiger partial charge in [0.25, 0.3) is 5.91 Å². The van der Waals surface area contributed by atoms with E-state index in [1.165, 1.54) is 4.90 Å².